The van der Waals surface area contributed by atoms with Gasteiger partial charge in [-0.15, -0.1) is 0 Å². The van der Waals surface area contributed by atoms with Gasteiger partial charge in [-0.05, 0) is 88.4 Å². The number of anilines is 3. The average Bonchev–Trinajstić information content (AvgIpc) is 3.40. The van der Waals surface area contributed by atoms with Crippen LogP contribution in [0.15, 0.2) is 84.0 Å². The summed E-state index contributed by atoms with van der Waals surface area (Å²) in [4.78, 5) is 12.3. The Morgan fingerprint density at radius 3 is 2.20 bits per heavy atom. The maximum Gasteiger partial charge on any atom is 0.216 e. The predicted molar refractivity (Wildman–Crippen MR) is 191 cm³/mol. The Labute approximate surface area is 275 Å². The molecule has 1 aromatic heterocycles. The van der Waals surface area contributed by atoms with Crippen LogP contribution in [0.1, 0.15) is 110 Å². The summed E-state index contributed by atoms with van der Waals surface area (Å²) in [6.45, 7) is 25.1. The first-order chi connectivity index (χ1) is 21.5. The summed E-state index contributed by atoms with van der Waals surface area (Å²) < 4.78 is 12.9. The number of rotatable bonds is 5. The van der Waals surface area contributed by atoms with Gasteiger partial charge in [-0.1, -0.05) is 93.5 Å². The van der Waals surface area contributed by atoms with Crippen molar-refractivity contribution in [3.05, 3.63) is 107 Å². The molecule has 0 N–H and O–H groups in total. The first kappa shape index (κ1) is 31.8. The number of pyridine rings is 1. The van der Waals surface area contributed by atoms with Crippen LogP contribution in [0.5, 0.6) is 11.5 Å². The Morgan fingerprint density at radius 1 is 0.804 bits per heavy atom. The molecule has 0 bridgehead atoms. The molecule has 240 valence electrons. The Kier molecular flexibility index (Phi) is 7.62. The minimum atomic E-state index is -0.291. The minimum Gasteiger partial charge on any atom is -0.475 e. The highest BCUT2D eigenvalue weighted by Gasteiger charge is 2.43. The third-order valence-corrected chi connectivity index (χ3v) is 10.1. The van der Waals surface area contributed by atoms with Gasteiger partial charge in [0.05, 0.1) is 11.4 Å². The molecular weight excluding hydrogens is 566 g/mol. The van der Waals surface area contributed by atoms with Crippen molar-refractivity contribution < 1.29 is 9.47 Å². The molecular formula is C41H49N3O2. The number of aliphatic imine (C=N–C) groups is 1. The maximum absolute atomic E-state index is 6.72. The molecule has 0 saturated carbocycles. The number of fused-ring (bicyclic) bond motifs is 2. The van der Waals surface area contributed by atoms with Gasteiger partial charge in [0, 0.05) is 23.2 Å². The van der Waals surface area contributed by atoms with E-state index in [4.69, 9.17) is 19.5 Å². The number of para-hydroxylation sites is 1. The number of ether oxygens (including phenoxy) is 2. The van der Waals surface area contributed by atoms with E-state index in [-0.39, 0.29) is 21.8 Å². The lowest BCUT2D eigenvalue weighted by Gasteiger charge is -2.41. The second-order valence-electron chi connectivity index (χ2n) is 16.1. The highest BCUT2D eigenvalue weighted by atomic mass is 16.5. The van der Waals surface area contributed by atoms with Crippen LogP contribution in [0.3, 0.4) is 0 Å². The van der Waals surface area contributed by atoms with E-state index in [0.29, 0.717) is 18.4 Å². The SMILES string of the molecule is CC(C)c1cc(Oc2ccc3c(c2)N(c2cc(C(C)(C)C)ccn2)c2ccccc2C3(C)C)cc(C2=N[C@](C)(C(C)(C)C)CO2)c1. The quantitative estimate of drug-likeness (QED) is 0.224. The van der Waals surface area contributed by atoms with E-state index in [1.165, 1.54) is 22.3 Å². The highest BCUT2D eigenvalue weighted by molar-refractivity contribution is 5.96. The minimum absolute atomic E-state index is 0.00313. The molecule has 2 aliphatic rings. The van der Waals surface area contributed by atoms with Crippen LogP contribution in [0.2, 0.25) is 0 Å². The van der Waals surface area contributed by atoms with Gasteiger partial charge in [-0.3, -0.25) is 4.90 Å². The molecule has 5 nitrogen and oxygen atoms in total. The molecule has 0 fully saturated rings. The smallest absolute Gasteiger partial charge is 0.216 e. The van der Waals surface area contributed by atoms with Gasteiger partial charge in [-0.25, -0.2) is 9.98 Å². The van der Waals surface area contributed by atoms with E-state index in [9.17, 15) is 0 Å². The second kappa shape index (κ2) is 11.0. The van der Waals surface area contributed by atoms with Crippen LogP contribution in [0.4, 0.5) is 17.2 Å². The monoisotopic (exact) mass is 615 g/mol. The van der Waals surface area contributed by atoms with E-state index in [1.54, 1.807) is 0 Å². The molecule has 0 saturated heterocycles. The Hall–Kier alpha value is -4.12. The molecule has 0 amide bonds. The van der Waals surface area contributed by atoms with Crippen molar-refractivity contribution in [1.82, 2.24) is 4.98 Å². The normalized spacial score (nSPS) is 19.0. The van der Waals surface area contributed by atoms with E-state index in [0.717, 1.165) is 34.3 Å². The Balaban J connectivity index is 1.45. The molecule has 0 aliphatic carbocycles. The number of hydrogen-bond donors (Lipinski definition) is 0. The van der Waals surface area contributed by atoms with Crippen LogP contribution in [-0.4, -0.2) is 23.0 Å². The van der Waals surface area contributed by atoms with Crippen molar-refractivity contribution >= 4 is 23.1 Å². The first-order valence-electron chi connectivity index (χ1n) is 16.5. The molecule has 0 unspecified atom stereocenters. The summed E-state index contributed by atoms with van der Waals surface area (Å²) in [5.74, 6) is 3.44. The third-order valence-electron chi connectivity index (χ3n) is 10.1. The van der Waals surface area contributed by atoms with Gasteiger partial charge in [0.1, 0.15) is 29.5 Å². The zero-order valence-corrected chi connectivity index (χ0v) is 29.4. The fourth-order valence-electron chi connectivity index (χ4n) is 6.32. The van der Waals surface area contributed by atoms with Gasteiger partial charge in [0.25, 0.3) is 0 Å². The van der Waals surface area contributed by atoms with Crippen LogP contribution in [0, 0.1) is 5.41 Å². The lowest BCUT2D eigenvalue weighted by molar-refractivity contribution is 0.154. The zero-order valence-electron chi connectivity index (χ0n) is 29.4. The molecule has 1 atom stereocenters. The van der Waals surface area contributed by atoms with E-state index in [2.05, 4.69) is 154 Å². The molecule has 6 rings (SSSR count). The van der Waals surface area contributed by atoms with Gasteiger partial charge in [-0.2, -0.15) is 0 Å². The number of nitrogens with zero attached hydrogens (tertiary/aromatic N) is 3. The summed E-state index contributed by atoms with van der Waals surface area (Å²) in [6.07, 6.45) is 1.93. The molecule has 0 radical (unpaired) electrons. The van der Waals surface area contributed by atoms with Gasteiger partial charge in [0.15, 0.2) is 0 Å². The van der Waals surface area contributed by atoms with Gasteiger partial charge < -0.3 is 9.47 Å². The third kappa shape index (κ3) is 5.59. The first-order valence-corrected chi connectivity index (χ1v) is 16.5. The van der Waals surface area contributed by atoms with Crippen molar-refractivity contribution in [2.75, 3.05) is 11.5 Å². The fourth-order valence-corrected chi connectivity index (χ4v) is 6.32. The molecule has 46 heavy (non-hydrogen) atoms. The summed E-state index contributed by atoms with van der Waals surface area (Å²) in [7, 11) is 0. The molecule has 5 heteroatoms. The molecule has 2 aliphatic heterocycles. The van der Waals surface area contributed by atoms with E-state index in [1.807, 2.05) is 6.20 Å². The summed E-state index contributed by atoms with van der Waals surface area (Å²) in [5.41, 5.74) is 7.57. The van der Waals surface area contributed by atoms with Crippen molar-refractivity contribution in [1.29, 1.82) is 0 Å². The van der Waals surface area contributed by atoms with E-state index < -0.39 is 0 Å². The Bertz CT molecular complexity index is 1820. The summed E-state index contributed by atoms with van der Waals surface area (Å²) in [6, 6.07) is 25.9. The van der Waals surface area contributed by atoms with Crippen molar-refractivity contribution in [2.45, 2.75) is 98.4 Å². The summed E-state index contributed by atoms with van der Waals surface area (Å²) >= 11 is 0. The van der Waals surface area contributed by atoms with Gasteiger partial charge in [0.2, 0.25) is 5.90 Å². The van der Waals surface area contributed by atoms with Crippen LogP contribution in [-0.2, 0) is 15.6 Å². The topological polar surface area (TPSA) is 47.0 Å². The van der Waals surface area contributed by atoms with Crippen molar-refractivity contribution in [2.24, 2.45) is 10.4 Å². The van der Waals surface area contributed by atoms with Crippen molar-refractivity contribution in [3.63, 3.8) is 0 Å². The summed E-state index contributed by atoms with van der Waals surface area (Å²) in [5, 5.41) is 0. The average molecular weight is 616 g/mol. The fraction of sp³-hybridized carbons (Fsp3) is 0.415. The highest BCUT2D eigenvalue weighted by Crippen LogP contribution is 2.52. The van der Waals surface area contributed by atoms with Crippen LogP contribution in [0.25, 0.3) is 0 Å². The number of benzene rings is 3. The number of aromatic nitrogens is 1. The molecule has 3 aromatic carbocycles. The van der Waals surface area contributed by atoms with Crippen molar-refractivity contribution in [3.8, 4) is 11.5 Å². The zero-order chi connectivity index (χ0) is 33.2. The predicted octanol–water partition coefficient (Wildman–Crippen LogP) is 11.0. The van der Waals surface area contributed by atoms with Gasteiger partial charge >= 0.3 is 0 Å². The standard InChI is InChI=1S/C41H49N3O2/c1-26(2)27-20-28(37-43-41(11,25-45-37)39(6,7)8)22-31(21-27)46-30-16-17-33-35(24-30)44(34-15-13-12-14-32(34)40(33,9)10)36-23-29(18-19-42-36)38(3,4)5/h12-24,26H,25H2,1-11H3/t41-/m0/s1. The van der Waals surface area contributed by atoms with E-state index >= 15 is 0 Å². The second-order valence-corrected chi connectivity index (χ2v) is 16.1. The molecule has 0 spiro atoms. The number of hydrogen-bond acceptors (Lipinski definition) is 5. The van der Waals surface area contributed by atoms with Crippen LogP contribution < -0.4 is 9.64 Å². The van der Waals surface area contributed by atoms with Crippen LogP contribution >= 0.6 is 0 Å². The molecule has 4 aromatic rings. The maximum atomic E-state index is 6.72. The largest absolute Gasteiger partial charge is 0.475 e. The lowest BCUT2D eigenvalue weighted by Crippen LogP contribution is -2.39. The molecule has 3 heterocycles. The lowest BCUT2D eigenvalue weighted by atomic mass is 9.73. The Morgan fingerprint density at radius 2 is 1.52 bits per heavy atom.